The summed E-state index contributed by atoms with van der Waals surface area (Å²) in [6, 6.07) is 0.584. The summed E-state index contributed by atoms with van der Waals surface area (Å²) in [5.41, 5.74) is 0. The molecule has 0 bridgehead atoms. The molecule has 0 atom stereocenters. The Morgan fingerprint density at radius 1 is 1.67 bits per heavy atom. The van der Waals surface area contributed by atoms with Crippen LogP contribution in [0.4, 0.5) is 0 Å². The monoisotopic (exact) mass is 225 g/mol. The fourth-order valence-electron chi connectivity index (χ4n) is 1.21. The normalized spacial score (nSPS) is 15.0. The van der Waals surface area contributed by atoms with Crippen LogP contribution in [0.3, 0.4) is 0 Å². The first-order chi connectivity index (χ1) is 7.28. The van der Waals surface area contributed by atoms with Gasteiger partial charge in [-0.15, -0.1) is 0 Å². The lowest BCUT2D eigenvalue weighted by molar-refractivity contribution is 0.453. The van der Waals surface area contributed by atoms with Crippen LogP contribution < -0.4 is 10.6 Å². The molecular formula is C10H15N3OS. The molecule has 0 saturated heterocycles. The van der Waals surface area contributed by atoms with Gasteiger partial charge in [-0.1, -0.05) is 6.92 Å². The van der Waals surface area contributed by atoms with Crippen LogP contribution in [0.15, 0.2) is 10.6 Å². The minimum absolute atomic E-state index is 0.554. The molecule has 2 rings (SSSR count). The Kier molecular flexibility index (Phi) is 3.20. The largest absolute Gasteiger partial charge is 0.444 e. The van der Waals surface area contributed by atoms with Crippen molar-refractivity contribution in [3.63, 3.8) is 0 Å². The first kappa shape index (κ1) is 10.4. The number of oxazole rings is 1. The van der Waals surface area contributed by atoms with Gasteiger partial charge in [0.2, 0.25) is 5.89 Å². The molecule has 82 valence electrons. The summed E-state index contributed by atoms with van der Waals surface area (Å²) in [5.74, 6) is 1.60. The van der Waals surface area contributed by atoms with E-state index in [2.05, 4.69) is 15.6 Å². The molecule has 0 unspecified atom stereocenters. The lowest BCUT2D eigenvalue weighted by Gasteiger charge is -2.06. The van der Waals surface area contributed by atoms with Gasteiger partial charge in [0, 0.05) is 12.5 Å². The zero-order valence-corrected chi connectivity index (χ0v) is 9.56. The van der Waals surface area contributed by atoms with Crippen LogP contribution in [0.5, 0.6) is 0 Å². The third kappa shape index (κ3) is 3.20. The van der Waals surface area contributed by atoms with E-state index < -0.39 is 0 Å². The topological polar surface area (TPSA) is 50.1 Å². The second kappa shape index (κ2) is 4.61. The highest BCUT2D eigenvalue weighted by molar-refractivity contribution is 7.80. The van der Waals surface area contributed by atoms with Crippen LogP contribution in [0.25, 0.3) is 0 Å². The zero-order chi connectivity index (χ0) is 10.7. The van der Waals surface area contributed by atoms with Crippen LogP contribution in [0, 0.1) is 0 Å². The van der Waals surface area contributed by atoms with Gasteiger partial charge >= 0.3 is 0 Å². The number of nitrogens with one attached hydrogen (secondary N) is 2. The first-order valence-corrected chi connectivity index (χ1v) is 5.66. The van der Waals surface area contributed by atoms with Crippen molar-refractivity contribution in [2.45, 2.75) is 38.8 Å². The van der Waals surface area contributed by atoms with Gasteiger partial charge < -0.3 is 15.1 Å². The van der Waals surface area contributed by atoms with Crippen molar-refractivity contribution in [1.29, 1.82) is 0 Å². The maximum absolute atomic E-state index is 5.44. The Balaban J connectivity index is 1.73. The van der Waals surface area contributed by atoms with Crippen molar-refractivity contribution in [2.75, 3.05) is 0 Å². The fourth-order valence-corrected chi connectivity index (χ4v) is 1.45. The van der Waals surface area contributed by atoms with E-state index in [4.69, 9.17) is 16.6 Å². The molecular weight excluding hydrogens is 210 g/mol. The van der Waals surface area contributed by atoms with Crippen LogP contribution in [-0.2, 0) is 13.0 Å². The van der Waals surface area contributed by atoms with Gasteiger partial charge in [0.1, 0.15) is 5.76 Å². The molecule has 1 aliphatic rings. The van der Waals surface area contributed by atoms with E-state index in [1.54, 1.807) is 6.20 Å². The van der Waals surface area contributed by atoms with E-state index in [0.717, 1.165) is 12.2 Å². The van der Waals surface area contributed by atoms with Gasteiger partial charge in [0.15, 0.2) is 5.11 Å². The first-order valence-electron chi connectivity index (χ1n) is 5.26. The lowest BCUT2D eigenvalue weighted by Crippen LogP contribution is -2.36. The Morgan fingerprint density at radius 2 is 2.47 bits per heavy atom. The molecule has 1 saturated carbocycles. The molecule has 1 aromatic rings. The molecule has 0 aromatic carbocycles. The van der Waals surface area contributed by atoms with E-state index in [0.29, 0.717) is 23.6 Å². The molecule has 0 spiro atoms. The Labute approximate surface area is 94.5 Å². The summed E-state index contributed by atoms with van der Waals surface area (Å²) in [7, 11) is 0. The summed E-state index contributed by atoms with van der Waals surface area (Å²) in [6.45, 7) is 2.59. The van der Waals surface area contributed by atoms with Crippen molar-refractivity contribution >= 4 is 17.3 Å². The molecule has 0 amide bonds. The smallest absolute Gasteiger partial charge is 0.213 e. The molecule has 15 heavy (non-hydrogen) atoms. The maximum Gasteiger partial charge on any atom is 0.213 e. The van der Waals surface area contributed by atoms with Crippen LogP contribution in [0.2, 0.25) is 0 Å². The minimum Gasteiger partial charge on any atom is -0.444 e. The predicted molar refractivity (Wildman–Crippen MR) is 61.5 cm³/mol. The SMILES string of the molecule is CCc1cnc(CNC(=S)NC2CC2)o1. The maximum atomic E-state index is 5.44. The number of aromatic nitrogens is 1. The summed E-state index contributed by atoms with van der Waals surface area (Å²) >= 11 is 5.11. The molecule has 1 heterocycles. The lowest BCUT2D eigenvalue weighted by atomic mass is 10.4. The summed E-state index contributed by atoms with van der Waals surface area (Å²) in [4.78, 5) is 4.14. The van der Waals surface area contributed by atoms with Crippen LogP contribution in [-0.4, -0.2) is 16.1 Å². The number of thiocarbonyl (C=S) groups is 1. The van der Waals surface area contributed by atoms with E-state index in [1.165, 1.54) is 12.8 Å². The molecule has 5 heteroatoms. The standard InChI is InChI=1S/C10H15N3OS/c1-2-8-5-11-9(14-8)6-12-10(15)13-7-3-4-7/h5,7H,2-4,6H2,1H3,(H2,12,13,15). The zero-order valence-electron chi connectivity index (χ0n) is 8.75. The molecule has 0 radical (unpaired) electrons. The molecule has 1 fully saturated rings. The molecule has 1 aliphatic carbocycles. The number of rotatable bonds is 4. The summed E-state index contributed by atoms with van der Waals surface area (Å²) in [5, 5.41) is 6.96. The summed E-state index contributed by atoms with van der Waals surface area (Å²) < 4.78 is 5.44. The van der Waals surface area contributed by atoms with Gasteiger partial charge in [0.05, 0.1) is 12.7 Å². The van der Waals surface area contributed by atoms with Gasteiger partial charge in [-0.2, -0.15) is 0 Å². The van der Waals surface area contributed by atoms with E-state index in [9.17, 15) is 0 Å². The molecule has 1 aromatic heterocycles. The molecule has 0 aliphatic heterocycles. The highest BCUT2D eigenvalue weighted by atomic mass is 32.1. The highest BCUT2D eigenvalue weighted by Gasteiger charge is 2.21. The van der Waals surface area contributed by atoms with E-state index >= 15 is 0 Å². The van der Waals surface area contributed by atoms with Crippen molar-refractivity contribution < 1.29 is 4.42 Å². The van der Waals surface area contributed by atoms with Gasteiger partial charge in [-0.3, -0.25) is 0 Å². The van der Waals surface area contributed by atoms with Crippen molar-refractivity contribution in [3.05, 3.63) is 17.8 Å². The third-order valence-corrected chi connectivity index (χ3v) is 2.52. The second-order valence-electron chi connectivity index (χ2n) is 3.68. The number of nitrogens with zero attached hydrogens (tertiary/aromatic N) is 1. The average Bonchev–Trinajstić information content (AvgIpc) is 2.92. The molecule has 2 N–H and O–H groups in total. The average molecular weight is 225 g/mol. The predicted octanol–water partition coefficient (Wildman–Crippen LogP) is 1.36. The fraction of sp³-hybridized carbons (Fsp3) is 0.600. The van der Waals surface area contributed by atoms with Gasteiger partial charge in [-0.05, 0) is 25.1 Å². The highest BCUT2D eigenvalue weighted by Crippen LogP contribution is 2.18. The second-order valence-corrected chi connectivity index (χ2v) is 4.08. The minimum atomic E-state index is 0.554. The summed E-state index contributed by atoms with van der Waals surface area (Å²) in [6.07, 6.45) is 5.08. The number of hydrogen-bond donors (Lipinski definition) is 2. The van der Waals surface area contributed by atoms with Gasteiger partial charge in [-0.25, -0.2) is 4.98 Å². The van der Waals surface area contributed by atoms with Crippen molar-refractivity contribution in [1.82, 2.24) is 15.6 Å². The number of hydrogen-bond acceptors (Lipinski definition) is 3. The van der Waals surface area contributed by atoms with Crippen molar-refractivity contribution in [3.8, 4) is 0 Å². The number of aryl methyl sites for hydroxylation is 1. The van der Waals surface area contributed by atoms with Crippen LogP contribution >= 0.6 is 12.2 Å². The van der Waals surface area contributed by atoms with Gasteiger partial charge in [0.25, 0.3) is 0 Å². The van der Waals surface area contributed by atoms with Crippen LogP contribution in [0.1, 0.15) is 31.4 Å². The Bertz CT molecular complexity index is 346. The molecule has 4 nitrogen and oxygen atoms in total. The Hall–Kier alpha value is -1.10. The van der Waals surface area contributed by atoms with E-state index in [-0.39, 0.29) is 0 Å². The van der Waals surface area contributed by atoms with Crippen molar-refractivity contribution in [2.24, 2.45) is 0 Å². The third-order valence-electron chi connectivity index (χ3n) is 2.26. The Morgan fingerprint density at radius 3 is 3.07 bits per heavy atom. The van der Waals surface area contributed by atoms with E-state index in [1.807, 2.05) is 6.92 Å². The quantitative estimate of drug-likeness (QED) is 0.758.